The summed E-state index contributed by atoms with van der Waals surface area (Å²) in [5.41, 5.74) is -0.628. The summed E-state index contributed by atoms with van der Waals surface area (Å²) in [5.74, 6) is -4.39. The second-order valence-corrected chi connectivity index (χ2v) is 7.33. The molecule has 0 atom stereocenters. The van der Waals surface area contributed by atoms with E-state index in [1.807, 2.05) is 0 Å². The van der Waals surface area contributed by atoms with Crippen molar-refractivity contribution in [3.8, 4) is 17.2 Å². The van der Waals surface area contributed by atoms with Crippen LogP contribution < -0.4 is 14.2 Å². The van der Waals surface area contributed by atoms with Crippen LogP contribution >= 0.6 is 0 Å². The summed E-state index contributed by atoms with van der Waals surface area (Å²) in [6, 6.07) is 17.3. The zero-order chi connectivity index (χ0) is 25.7. The minimum absolute atomic E-state index is 0.0242. The molecule has 0 fully saturated rings. The Bertz CT molecular complexity index is 1230. The molecule has 9 heteroatoms. The fourth-order valence-electron chi connectivity index (χ4n) is 2.99. The minimum Gasteiger partial charge on any atom is -0.423 e. The predicted molar refractivity (Wildman–Crippen MR) is 121 cm³/mol. The third-order valence-electron chi connectivity index (χ3n) is 4.71. The van der Waals surface area contributed by atoms with Gasteiger partial charge in [0, 0.05) is 0 Å². The number of hydrogen-bond acceptors (Lipinski definition) is 6. The van der Waals surface area contributed by atoms with Gasteiger partial charge in [0.25, 0.3) is 0 Å². The Morgan fingerprint density at radius 3 is 0.861 bits per heavy atom. The average Bonchev–Trinajstić information content (AvgIpc) is 2.87. The lowest BCUT2D eigenvalue weighted by Gasteiger charge is -2.10. The molecule has 4 aromatic rings. The van der Waals surface area contributed by atoms with Crippen molar-refractivity contribution in [2.24, 2.45) is 0 Å². The largest absolute Gasteiger partial charge is 0.423 e. The van der Waals surface area contributed by atoms with Crippen LogP contribution in [0.2, 0.25) is 0 Å². The molecule has 0 heterocycles. The van der Waals surface area contributed by atoms with E-state index in [1.165, 1.54) is 36.4 Å². The third-order valence-corrected chi connectivity index (χ3v) is 4.71. The topological polar surface area (TPSA) is 78.9 Å². The van der Waals surface area contributed by atoms with Gasteiger partial charge in [-0.15, -0.1) is 0 Å². The number of carbonyl (C=O) groups is 3. The smallest absolute Gasteiger partial charge is 0.343 e. The monoisotopic (exact) mass is 492 g/mol. The summed E-state index contributed by atoms with van der Waals surface area (Å²) in [7, 11) is 0. The number of ether oxygens (including phenoxy) is 3. The molecule has 4 aromatic carbocycles. The highest BCUT2D eigenvalue weighted by molar-refractivity contribution is 6.01. The van der Waals surface area contributed by atoms with Crippen LogP contribution in [0, 0.1) is 17.5 Å². The lowest BCUT2D eigenvalue weighted by atomic mass is 10.1. The number of hydrogen-bond donors (Lipinski definition) is 0. The Labute approximate surface area is 202 Å². The van der Waals surface area contributed by atoms with Crippen molar-refractivity contribution in [3.05, 3.63) is 125 Å². The molecular weight excluding hydrogens is 477 g/mol. The van der Waals surface area contributed by atoms with E-state index in [0.29, 0.717) is 0 Å². The Hall–Kier alpha value is -4.92. The van der Waals surface area contributed by atoms with Gasteiger partial charge in [-0.3, -0.25) is 0 Å². The van der Waals surface area contributed by atoms with Crippen LogP contribution in [0.15, 0.2) is 91.0 Å². The van der Waals surface area contributed by atoms with Gasteiger partial charge in [-0.1, -0.05) is 0 Å². The highest BCUT2D eigenvalue weighted by atomic mass is 19.1. The number of esters is 3. The number of carbonyl (C=O) groups excluding carboxylic acids is 3. The number of halogens is 3. The second kappa shape index (κ2) is 10.6. The van der Waals surface area contributed by atoms with Crippen LogP contribution in [0.5, 0.6) is 17.2 Å². The maximum atomic E-state index is 13.1. The van der Waals surface area contributed by atoms with Crippen LogP contribution in [0.1, 0.15) is 31.1 Å². The average molecular weight is 492 g/mol. The Morgan fingerprint density at radius 1 is 0.417 bits per heavy atom. The van der Waals surface area contributed by atoms with Gasteiger partial charge in [-0.05, 0) is 91.0 Å². The molecule has 0 amide bonds. The summed E-state index contributed by atoms with van der Waals surface area (Å²) in [6.07, 6.45) is 0. The molecule has 0 saturated carbocycles. The standard InChI is InChI=1S/C27H15F3O6/c28-19-1-7-22(8-2-19)34-25(31)16-13-17(26(32)35-23-9-3-20(29)4-10-23)15-18(14-16)27(33)36-24-11-5-21(30)6-12-24/h1-15H. The number of benzene rings is 4. The summed E-state index contributed by atoms with van der Waals surface area (Å²) in [5, 5.41) is 0. The maximum Gasteiger partial charge on any atom is 0.343 e. The first-order chi connectivity index (χ1) is 17.3. The molecule has 0 spiro atoms. The molecule has 180 valence electrons. The molecule has 0 bridgehead atoms. The van der Waals surface area contributed by atoms with Gasteiger partial charge in [0.05, 0.1) is 16.7 Å². The summed E-state index contributed by atoms with van der Waals surface area (Å²) in [4.78, 5) is 38.2. The van der Waals surface area contributed by atoms with E-state index in [0.717, 1.165) is 54.6 Å². The van der Waals surface area contributed by atoms with E-state index in [9.17, 15) is 27.6 Å². The van der Waals surface area contributed by atoms with Gasteiger partial charge < -0.3 is 14.2 Å². The van der Waals surface area contributed by atoms with Crippen LogP contribution in [0.3, 0.4) is 0 Å². The molecule has 0 N–H and O–H groups in total. The lowest BCUT2D eigenvalue weighted by molar-refractivity contribution is 0.0734. The highest BCUT2D eigenvalue weighted by Crippen LogP contribution is 2.20. The second-order valence-electron chi connectivity index (χ2n) is 7.33. The minimum atomic E-state index is -0.950. The van der Waals surface area contributed by atoms with Crippen molar-refractivity contribution >= 4 is 17.9 Å². The fourth-order valence-corrected chi connectivity index (χ4v) is 2.99. The molecule has 0 aliphatic carbocycles. The predicted octanol–water partition coefficient (Wildman–Crippen LogP) is 5.76. The van der Waals surface area contributed by atoms with Gasteiger partial charge in [-0.25, -0.2) is 27.6 Å². The van der Waals surface area contributed by atoms with Crippen LogP contribution in [-0.4, -0.2) is 17.9 Å². The van der Waals surface area contributed by atoms with Crippen LogP contribution in [0.4, 0.5) is 13.2 Å². The van der Waals surface area contributed by atoms with Gasteiger partial charge in [0.2, 0.25) is 0 Å². The normalized spacial score (nSPS) is 10.4. The van der Waals surface area contributed by atoms with Gasteiger partial charge in [-0.2, -0.15) is 0 Å². The maximum absolute atomic E-state index is 13.1. The fraction of sp³-hybridized carbons (Fsp3) is 0. The van der Waals surface area contributed by atoms with Gasteiger partial charge >= 0.3 is 17.9 Å². The first kappa shape index (κ1) is 24.2. The Morgan fingerprint density at radius 2 is 0.639 bits per heavy atom. The van der Waals surface area contributed by atoms with E-state index in [1.54, 1.807) is 0 Å². The molecular formula is C27H15F3O6. The first-order valence-corrected chi connectivity index (χ1v) is 10.4. The van der Waals surface area contributed by atoms with E-state index in [2.05, 4.69) is 0 Å². The van der Waals surface area contributed by atoms with E-state index in [4.69, 9.17) is 14.2 Å². The molecule has 0 aromatic heterocycles. The van der Waals surface area contributed by atoms with Crippen LogP contribution in [0.25, 0.3) is 0 Å². The van der Waals surface area contributed by atoms with E-state index in [-0.39, 0.29) is 33.9 Å². The molecule has 0 saturated heterocycles. The first-order valence-electron chi connectivity index (χ1n) is 10.4. The zero-order valence-corrected chi connectivity index (χ0v) is 18.2. The van der Waals surface area contributed by atoms with Gasteiger partial charge in [0.1, 0.15) is 34.7 Å². The third kappa shape index (κ3) is 6.15. The Kier molecular flexibility index (Phi) is 7.10. The van der Waals surface area contributed by atoms with Crippen molar-refractivity contribution in [2.45, 2.75) is 0 Å². The molecule has 6 nitrogen and oxygen atoms in total. The molecule has 0 unspecified atom stereocenters. The van der Waals surface area contributed by atoms with Crippen molar-refractivity contribution in [1.29, 1.82) is 0 Å². The van der Waals surface area contributed by atoms with Crippen molar-refractivity contribution in [3.63, 3.8) is 0 Å². The summed E-state index contributed by atoms with van der Waals surface area (Å²) >= 11 is 0. The van der Waals surface area contributed by atoms with Crippen molar-refractivity contribution in [2.75, 3.05) is 0 Å². The molecule has 0 aliphatic heterocycles. The van der Waals surface area contributed by atoms with Crippen molar-refractivity contribution in [1.82, 2.24) is 0 Å². The van der Waals surface area contributed by atoms with Crippen LogP contribution in [-0.2, 0) is 0 Å². The van der Waals surface area contributed by atoms with E-state index < -0.39 is 35.4 Å². The summed E-state index contributed by atoms with van der Waals surface area (Å²) in [6.45, 7) is 0. The SMILES string of the molecule is O=C(Oc1ccc(F)cc1)c1cc(C(=O)Oc2ccc(F)cc2)cc(C(=O)Oc2ccc(F)cc2)c1. The Balaban J connectivity index is 1.64. The molecule has 4 rings (SSSR count). The summed E-state index contributed by atoms with van der Waals surface area (Å²) < 4.78 is 55.0. The number of rotatable bonds is 6. The molecule has 36 heavy (non-hydrogen) atoms. The lowest BCUT2D eigenvalue weighted by Crippen LogP contribution is -2.16. The van der Waals surface area contributed by atoms with Gasteiger partial charge in [0.15, 0.2) is 0 Å². The molecule has 0 aliphatic rings. The zero-order valence-electron chi connectivity index (χ0n) is 18.2. The highest BCUT2D eigenvalue weighted by Gasteiger charge is 2.20. The quantitative estimate of drug-likeness (QED) is 0.252. The van der Waals surface area contributed by atoms with E-state index >= 15 is 0 Å². The molecule has 0 radical (unpaired) electrons. The van der Waals surface area contributed by atoms with Crippen molar-refractivity contribution < 1.29 is 41.8 Å².